The van der Waals surface area contributed by atoms with Gasteiger partial charge in [-0.05, 0) is 50.9 Å². The van der Waals surface area contributed by atoms with Gasteiger partial charge in [-0.3, -0.25) is 4.79 Å². The Morgan fingerprint density at radius 3 is 2.29 bits per heavy atom. The van der Waals surface area contributed by atoms with Gasteiger partial charge in [-0.1, -0.05) is 13.8 Å². The predicted molar refractivity (Wildman–Crippen MR) is 68.0 cm³/mol. The molecule has 1 fully saturated rings. The van der Waals surface area contributed by atoms with Gasteiger partial charge in [0.05, 0.1) is 5.41 Å². The zero-order chi connectivity index (χ0) is 12.9. The van der Waals surface area contributed by atoms with E-state index in [-0.39, 0.29) is 0 Å². The Kier molecular flexibility index (Phi) is 4.99. The number of hydrogen-bond acceptors (Lipinski definition) is 2. The molecular formula is C14H26O3. The quantitative estimate of drug-likeness (QED) is 0.725. The second-order valence-electron chi connectivity index (χ2n) is 6.05. The number of hydrogen-bond donors (Lipinski definition) is 1. The molecule has 0 bridgehead atoms. The first kappa shape index (κ1) is 14.5. The summed E-state index contributed by atoms with van der Waals surface area (Å²) in [5.41, 5.74) is -0.161. The highest BCUT2D eigenvalue weighted by Gasteiger charge is 2.43. The number of aliphatic carboxylic acids is 1. The number of ether oxygens (including phenoxy) is 1. The minimum Gasteiger partial charge on any atom is -0.481 e. The molecule has 1 aliphatic rings. The van der Waals surface area contributed by atoms with Crippen LogP contribution >= 0.6 is 0 Å². The van der Waals surface area contributed by atoms with E-state index in [0.29, 0.717) is 18.6 Å². The van der Waals surface area contributed by atoms with Gasteiger partial charge in [-0.15, -0.1) is 0 Å². The highest BCUT2D eigenvalue weighted by atomic mass is 16.5. The third-order valence-corrected chi connectivity index (χ3v) is 4.16. The Balaban J connectivity index is 2.50. The molecule has 1 saturated carbocycles. The molecule has 0 atom stereocenters. The fraction of sp³-hybridized carbons (Fsp3) is 0.929. The van der Waals surface area contributed by atoms with Crippen molar-refractivity contribution in [2.24, 2.45) is 10.8 Å². The van der Waals surface area contributed by atoms with Crippen molar-refractivity contribution in [2.45, 2.75) is 59.3 Å². The van der Waals surface area contributed by atoms with Gasteiger partial charge < -0.3 is 9.84 Å². The van der Waals surface area contributed by atoms with Crippen LogP contribution in [0.25, 0.3) is 0 Å². The molecule has 0 spiro atoms. The van der Waals surface area contributed by atoms with Gasteiger partial charge in [0.1, 0.15) is 0 Å². The van der Waals surface area contributed by atoms with Crippen molar-refractivity contribution in [1.29, 1.82) is 0 Å². The van der Waals surface area contributed by atoms with E-state index in [4.69, 9.17) is 4.74 Å². The Morgan fingerprint density at radius 1 is 1.24 bits per heavy atom. The van der Waals surface area contributed by atoms with Crippen molar-refractivity contribution < 1.29 is 14.6 Å². The Bertz CT molecular complexity index is 248. The van der Waals surface area contributed by atoms with Crippen LogP contribution in [0.4, 0.5) is 0 Å². The zero-order valence-electron chi connectivity index (χ0n) is 11.4. The summed E-state index contributed by atoms with van der Waals surface area (Å²) in [4.78, 5) is 11.5. The fourth-order valence-corrected chi connectivity index (χ4v) is 2.63. The molecule has 0 heterocycles. The molecular weight excluding hydrogens is 216 g/mol. The monoisotopic (exact) mass is 242 g/mol. The van der Waals surface area contributed by atoms with E-state index in [0.717, 1.165) is 38.5 Å². The molecule has 1 aliphatic carbocycles. The van der Waals surface area contributed by atoms with Gasteiger partial charge in [0.25, 0.3) is 0 Å². The van der Waals surface area contributed by atoms with Gasteiger partial charge in [-0.25, -0.2) is 0 Å². The SMILES string of the molecule is CCOCCCC1(C(=O)O)CCC(C)(C)CC1. The van der Waals surface area contributed by atoms with E-state index in [2.05, 4.69) is 13.8 Å². The highest BCUT2D eigenvalue weighted by molar-refractivity contribution is 5.74. The van der Waals surface area contributed by atoms with E-state index < -0.39 is 11.4 Å². The molecule has 3 nitrogen and oxygen atoms in total. The number of rotatable bonds is 6. The molecule has 0 amide bonds. The van der Waals surface area contributed by atoms with Crippen molar-refractivity contribution >= 4 is 5.97 Å². The van der Waals surface area contributed by atoms with Crippen LogP contribution in [0.3, 0.4) is 0 Å². The van der Waals surface area contributed by atoms with Crippen LogP contribution in [0.2, 0.25) is 0 Å². The first-order valence-corrected chi connectivity index (χ1v) is 6.73. The summed E-state index contributed by atoms with van der Waals surface area (Å²) in [5.74, 6) is -0.607. The summed E-state index contributed by atoms with van der Waals surface area (Å²) < 4.78 is 5.30. The molecule has 0 radical (unpaired) electrons. The lowest BCUT2D eigenvalue weighted by atomic mass is 9.63. The maximum Gasteiger partial charge on any atom is 0.309 e. The minimum atomic E-state index is -0.607. The molecule has 1 rings (SSSR count). The number of carboxylic acid groups (broad SMARTS) is 1. The smallest absolute Gasteiger partial charge is 0.309 e. The van der Waals surface area contributed by atoms with E-state index in [1.165, 1.54) is 0 Å². The lowest BCUT2D eigenvalue weighted by Crippen LogP contribution is -2.38. The summed E-state index contributed by atoms with van der Waals surface area (Å²) in [6, 6.07) is 0. The molecule has 1 N–H and O–H groups in total. The van der Waals surface area contributed by atoms with E-state index in [1.54, 1.807) is 0 Å². The molecule has 3 heteroatoms. The third kappa shape index (κ3) is 3.98. The molecule has 100 valence electrons. The number of carbonyl (C=O) groups is 1. The topological polar surface area (TPSA) is 46.5 Å². The first-order chi connectivity index (χ1) is 7.92. The Labute approximate surface area is 105 Å². The average Bonchev–Trinajstić information content (AvgIpc) is 2.26. The summed E-state index contributed by atoms with van der Waals surface area (Å²) in [6.45, 7) is 7.84. The molecule has 0 aliphatic heterocycles. The standard InChI is InChI=1S/C14H26O3/c1-4-17-11-5-6-14(12(15)16)9-7-13(2,3)8-10-14/h4-11H2,1-3H3,(H,15,16). The number of carboxylic acids is 1. The van der Waals surface area contributed by atoms with Gasteiger partial charge in [0.2, 0.25) is 0 Å². The van der Waals surface area contributed by atoms with E-state index in [1.807, 2.05) is 6.92 Å². The molecule has 0 aromatic carbocycles. The zero-order valence-corrected chi connectivity index (χ0v) is 11.4. The minimum absolute atomic E-state index is 0.318. The van der Waals surface area contributed by atoms with Crippen LogP contribution in [-0.2, 0) is 9.53 Å². The fourth-order valence-electron chi connectivity index (χ4n) is 2.63. The highest BCUT2D eigenvalue weighted by Crippen LogP contribution is 2.47. The Hall–Kier alpha value is -0.570. The van der Waals surface area contributed by atoms with Crippen LogP contribution in [-0.4, -0.2) is 24.3 Å². The van der Waals surface area contributed by atoms with Crippen molar-refractivity contribution in [3.05, 3.63) is 0 Å². The van der Waals surface area contributed by atoms with Crippen LogP contribution < -0.4 is 0 Å². The van der Waals surface area contributed by atoms with Crippen LogP contribution in [0.1, 0.15) is 59.3 Å². The third-order valence-electron chi connectivity index (χ3n) is 4.16. The van der Waals surface area contributed by atoms with Gasteiger partial charge in [-0.2, -0.15) is 0 Å². The van der Waals surface area contributed by atoms with Crippen LogP contribution in [0, 0.1) is 10.8 Å². The summed E-state index contributed by atoms with van der Waals surface area (Å²) in [7, 11) is 0. The summed E-state index contributed by atoms with van der Waals surface area (Å²) in [6.07, 6.45) is 5.31. The van der Waals surface area contributed by atoms with Gasteiger partial charge in [0, 0.05) is 13.2 Å². The largest absolute Gasteiger partial charge is 0.481 e. The van der Waals surface area contributed by atoms with Gasteiger partial charge in [0.15, 0.2) is 0 Å². The van der Waals surface area contributed by atoms with Crippen LogP contribution in [0.15, 0.2) is 0 Å². The van der Waals surface area contributed by atoms with Crippen LogP contribution in [0.5, 0.6) is 0 Å². The maximum atomic E-state index is 11.5. The summed E-state index contributed by atoms with van der Waals surface area (Å²) >= 11 is 0. The predicted octanol–water partition coefficient (Wildman–Crippen LogP) is 3.47. The Morgan fingerprint density at radius 2 is 1.82 bits per heavy atom. The lowest BCUT2D eigenvalue weighted by Gasteiger charge is -2.41. The normalized spacial score (nSPS) is 22.3. The second-order valence-corrected chi connectivity index (χ2v) is 6.05. The molecule has 17 heavy (non-hydrogen) atoms. The summed E-state index contributed by atoms with van der Waals surface area (Å²) in [5, 5.41) is 9.47. The molecule has 0 aromatic heterocycles. The average molecular weight is 242 g/mol. The van der Waals surface area contributed by atoms with Crippen molar-refractivity contribution in [3.8, 4) is 0 Å². The first-order valence-electron chi connectivity index (χ1n) is 6.73. The molecule has 0 aromatic rings. The second kappa shape index (κ2) is 5.85. The van der Waals surface area contributed by atoms with Crippen molar-refractivity contribution in [3.63, 3.8) is 0 Å². The molecule has 0 unspecified atom stereocenters. The van der Waals surface area contributed by atoms with Gasteiger partial charge >= 0.3 is 5.97 Å². The van der Waals surface area contributed by atoms with Crippen molar-refractivity contribution in [1.82, 2.24) is 0 Å². The van der Waals surface area contributed by atoms with E-state index >= 15 is 0 Å². The van der Waals surface area contributed by atoms with E-state index in [9.17, 15) is 9.90 Å². The molecule has 0 saturated heterocycles. The maximum absolute atomic E-state index is 11.5. The van der Waals surface area contributed by atoms with Crippen molar-refractivity contribution in [2.75, 3.05) is 13.2 Å². The lowest BCUT2D eigenvalue weighted by molar-refractivity contribution is -0.153.